The van der Waals surface area contributed by atoms with Crippen LogP contribution in [0.15, 0.2) is 18.6 Å². The minimum atomic E-state index is -3.06. The van der Waals surface area contributed by atoms with Crippen LogP contribution in [0.4, 0.5) is 5.82 Å². The summed E-state index contributed by atoms with van der Waals surface area (Å²) in [5, 5.41) is -0.0283. The number of carbonyl (C=O) groups is 1. The highest BCUT2D eigenvalue weighted by molar-refractivity contribution is 7.92. The summed E-state index contributed by atoms with van der Waals surface area (Å²) in [6.07, 6.45) is 3.22. The van der Waals surface area contributed by atoms with Crippen LogP contribution in [-0.2, 0) is 9.84 Å². The molecule has 0 spiro atoms. The van der Waals surface area contributed by atoms with Crippen molar-refractivity contribution in [3.05, 3.63) is 29.2 Å². The third kappa shape index (κ3) is 2.38. The number of aromatic nitrogens is 2. The van der Waals surface area contributed by atoms with Crippen molar-refractivity contribution in [2.24, 2.45) is 0 Å². The fraction of sp³-hybridized carbons (Fsp3) is 0.429. The molecule has 2 aromatic rings. The van der Waals surface area contributed by atoms with Crippen molar-refractivity contribution in [2.75, 3.05) is 23.7 Å². The van der Waals surface area contributed by atoms with E-state index >= 15 is 0 Å². The molecule has 0 aliphatic carbocycles. The molecule has 118 valence electrons. The number of pyridine rings is 1. The minimum absolute atomic E-state index is 0.0737. The number of fused-ring (bicyclic) bond motifs is 1. The van der Waals surface area contributed by atoms with E-state index in [9.17, 15) is 13.2 Å². The van der Waals surface area contributed by atoms with Gasteiger partial charge >= 0.3 is 0 Å². The van der Waals surface area contributed by atoms with Crippen LogP contribution in [0.25, 0.3) is 5.52 Å². The van der Waals surface area contributed by atoms with E-state index in [0.29, 0.717) is 35.0 Å². The average Bonchev–Trinajstić information content (AvgIpc) is 2.92. The van der Waals surface area contributed by atoms with Gasteiger partial charge in [0, 0.05) is 13.1 Å². The molecular formula is C14H16ClN3O3S. The first-order valence-electron chi connectivity index (χ1n) is 6.93. The maximum Gasteiger partial charge on any atom is 0.163 e. The van der Waals surface area contributed by atoms with E-state index in [1.165, 1.54) is 6.92 Å². The number of hydrogen-bond donors (Lipinski definition) is 0. The van der Waals surface area contributed by atoms with E-state index in [4.69, 9.17) is 11.6 Å². The van der Waals surface area contributed by atoms with Crippen molar-refractivity contribution in [3.63, 3.8) is 0 Å². The maximum atomic E-state index is 12.0. The first-order chi connectivity index (χ1) is 10.3. The zero-order chi connectivity index (χ0) is 16.1. The molecule has 1 aliphatic heterocycles. The Balaban J connectivity index is 2.18. The fourth-order valence-electron chi connectivity index (χ4n) is 2.76. The molecule has 1 aliphatic rings. The second-order valence-electron chi connectivity index (χ2n) is 5.56. The molecule has 1 saturated heterocycles. The lowest BCUT2D eigenvalue weighted by molar-refractivity contribution is 0.101. The number of hydrogen-bond acceptors (Lipinski definition) is 5. The lowest BCUT2D eigenvalue weighted by atomic mass is 10.1. The predicted molar refractivity (Wildman–Crippen MR) is 85.7 cm³/mol. The highest BCUT2D eigenvalue weighted by atomic mass is 35.5. The van der Waals surface area contributed by atoms with Crippen molar-refractivity contribution in [1.82, 2.24) is 9.38 Å². The molecule has 0 amide bonds. The van der Waals surface area contributed by atoms with E-state index in [-0.39, 0.29) is 11.5 Å². The Bertz CT molecular complexity index is 860. The molecule has 1 atom stereocenters. The predicted octanol–water partition coefficient (Wildman–Crippen LogP) is 1.81. The number of sulfone groups is 1. The van der Waals surface area contributed by atoms with Crippen molar-refractivity contribution < 1.29 is 13.2 Å². The zero-order valence-electron chi connectivity index (χ0n) is 12.3. The summed E-state index contributed by atoms with van der Waals surface area (Å²) in [5.41, 5.74) is 1.17. The van der Waals surface area contributed by atoms with E-state index in [0.717, 1.165) is 0 Å². The normalized spacial score (nSPS) is 21.2. The third-order valence-corrected chi connectivity index (χ3v) is 6.47. The first-order valence-corrected chi connectivity index (χ1v) is 9.02. The summed E-state index contributed by atoms with van der Waals surface area (Å²) in [5.74, 6) is 0.615. The van der Waals surface area contributed by atoms with E-state index in [1.54, 1.807) is 29.9 Å². The first kappa shape index (κ1) is 15.3. The molecule has 0 bridgehead atoms. The Morgan fingerprint density at radius 2 is 2.18 bits per heavy atom. The van der Waals surface area contributed by atoms with Crippen LogP contribution >= 0.6 is 11.6 Å². The Kier molecular flexibility index (Phi) is 3.65. The van der Waals surface area contributed by atoms with Crippen molar-refractivity contribution >= 4 is 38.6 Å². The van der Waals surface area contributed by atoms with Crippen LogP contribution < -0.4 is 4.90 Å². The number of imidazole rings is 1. The van der Waals surface area contributed by atoms with Gasteiger partial charge < -0.3 is 4.90 Å². The van der Waals surface area contributed by atoms with Crippen LogP contribution in [0.1, 0.15) is 24.2 Å². The summed E-state index contributed by atoms with van der Waals surface area (Å²) in [7, 11) is -3.06. The molecule has 3 heterocycles. The quantitative estimate of drug-likeness (QED) is 0.779. The van der Waals surface area contributed by atoms with Gasteiger partial charge in [0.05, 0.1) is 33.3 Å². The van der Waals surface area contributed by atoms with Gasteiger partial charge in [-0.15, -0.1) is 0 Å². The van der Waals surface area contributed by atoms with Gasteiger partial charge in [0.15, 0.2) is 15.6 Å². The minimum Gasteiger partial charge on any atom is -0.355 e. The van der Waals surface area contributed by atoms with Gasteiger partial charge in [-0.3, -0.25) is 9.20 Å². The average molecular weight is 342 g/mol. The molecule has 0 radical (unpaired) electrons. The van der Waals surface area contributed by atoms with Gasteiger partial charge in [-0.05, 0) is 19.9 Å². The van der Waals surface area contributed by atoms with Gasteiger partial charge in [-0.2, -0.15) is 0 Å². The number of nitrogens with zero attached hydrogens (tertiary/aromatic N) is 3. The molecule has 3 rings (SSSR count). The summed E-state index contributed by atoms with van der Waals surface area (Å²) in [6.45, 7) is 3.86. The van der Waals surface area contributed by atoms with Gasteiger partial charge in [-0.1, -0.05) is 11.6 Å². The van der Waals surface area contributed by atoms with Crippen LogP contribution in [0.3, 0.4) is 0 Å². The summed E-state index contributed by atoms with van der Waals surface area (Å²) >= 11 is 6.21. The SMILES string of the molecule is CC(=O)c1cc(Cl)c2cncn2c1N1CCS(=O)(=O)C(C)C1. The number of carbonyl (C=O) groups excluding carboxylic acids is 1. The van der Waals surface area contributed by atoms with E-state index in [1.807, 2.05) is 4.90 Å². The molecule has 1 unspecified atom stereocenters. The van der Waals surface area contributed by atoms with Crippen molar-refractivity contribution in [2.45, 2.75) is 19.1 Å². The molecule has 2 aromatic heterocycles. The fourth-order valence-corrected chi connectivity index (χ4v) is 4.30. The zero-order valence-corrected chi connectivity index (χ0v) is 13.9. The Hall–Kier alpha value is -1.60. The number of anilines is 1. The smallest absolute Gasteiger partial charge is 0.163 e. The Labute approximate surface area is 133 Å². The highest BCUT2D eigenvalue weighted by Crippen LogP contribution is 2.30. The third-order valence-electron chi connectivity index (χ3n) is 4.04. The lowest BCUT2D eigenvalue weighted by Crippen LogP contribution is -2.46. The molecule has 0 N–H and O–H groups in total. The van der Waals surface area contributed by atoms with Crippen molar-refractivity contribution in [1.29, 1.82) is 0 Å². The standard InChI is InChI=1S/C14H16ClN3O3S/c1-9-7-17(3-4-22(9,20)21)14-11(10(2)19)5-12(15)13-6-16-8-18(13)14/h5-6,8-9H,3-4,7H2,1-2H3. The van der Waals surface area contributed by atoms with E-state index in [2.05, 4.69) is 4.98 Å². The van der Waals surface area contributed by atoms with E-state index < -0.39 is 15.1 Å². The van der Waals surface area contributed by atoms with Crippen molar-refractivity contribution in [3.8, 4) is 0 Å². The van der Waals surface area contributed by atoms with Gasteiger partial charge in [0.1, 0.15) is 12.1 Å². The Morgan fingerprint density at radius 1 is 1.45 bits per heavy atom. The summed E-state index contributed by atoms with van der Waals surface area (Å²) in [4.78, 5) is 18.0. The second-order valence-corrected chi connectivity index (χ2v) is 8.50. The topological polar surface area (TPSA) is 71.8 Å². The molecular weight excluding hydrogens is 326 g/mol. The molecule has 1 fully saturated rings. The van der Waals surface area contributed by atoms with Crippen LogP contribution in [-0.4, -0.2) is 47.7 Å². The van der Waals surface area contributed by atoms with Crippen LogP contribution in [0, 0.1) is 0 Å². The Morgan fingerprint density at radius 3 is 2.82 bits per heavy atom. The number of rotatable bonds is 2. The number of halogens is 1. The molecule has 22 heavy (non-hydrogen) atoms. The second kappa shape index (κ2) is 5.24. The number of ketones is 1. The summed E-state index contributed by atoms with van der Waals surface area (Å²) < 4.78 is 25.6. The van der Waals surface area contributed by atoms with Crippen LogP contribution in [0.5, 0.6) is 0 Å². The van der Waals surface area contributed by atoms with Crippen LogP contribution in [0.2, 0.25) is 5.02 Å². The maximum absolute atomic E-state index is 12.0. The lowest BCUT2D eigenvalue weighted by Gasteiger charge is -2.34. The molecule has 8 heteroatoms. The molecule has 0 saturated carbocycles. The largest absolute Gasteiger partial charge is 0.355 e. The monoisotopic (exact) mass is 341 g/mol. The summed E-state index contributed by atoms with van der Waals surface area (Å²) in [6, 6.07) is 1.63. The number of Topliss-reactive ketones (excluding diaryl/α,β-unsaturated/α-hetero) is 1. The van der Waals surface area contributed by atoms with Gasteiger partial charge in [0.2, 0.25) is 0 Å². The van der Waals surface area contributed by atoms with Gasteiger partial charge in [-0.25, -0.2) is 13.4 Å². The molecule has 6 nitrogen and oxygen atoms in total. The molecule has 0 aromatic carbocycles. The highest BCUT2D eigenvalue weighted by Gasteiger charge is 2.32. The van der Waals surface area contributed by atoms with Gasteiger partial charge in [0.25, 0.3) is 0 Å².